The zero-order chi connectivity index (χ0) is 15.0. The van der Waals surface area contributed by atoms with Crippen LogP contribution in [0.15, 0.2) is 46.9 Å². The Morgan fingerprint density at radius 1 is 1.14 bits per heavy atom. The van der Waals surface area contributed by atoms with Gasteiger partial charge in [-0.05, 0) is 18.2 Å². The van der Waals surface area contributed by atoms with Crippen molar-refractivity contribution in [1.29, 1.82) is 0 Å². The van der Waals surface area contributed by atoms with Crippen LogP contribution >= 0.6 is 11.6 Å². The van der Waals surface area contributed by atoms with E-state index in [0.29, 0.717) is 16.4 Å². The summed E-state index contributed by atoms with van der Waals surface area (Å²) in [5.74, 6) is 4.54. The third-order valence-corrected chi connectivity index (χ3v) is 3.54. The number of halogens is 3. The Labute approximate surface area is 124 Å². The molecule has 3 aromatic rings. The number of nitrogens with two attached hydrogens (primary N) is 1. The topological polar surface area (TPSA) is 51.2 Å². The Morgan fingerprint density at radius 3 is 2.62 bits per heavy atom. The minimum Gasteiger partial charge on any atom is -0.457 e. The molecule has 2 aromatic carbocycles. The number of rotatable bonds is 3. The molecule has 0 saturated carbocycles. The second kappa shape index (κ2) is 5.44. The summed E-state index contributed by atoms with van der Waals surface area (Å²) in [6.45, 7) is 0. The average molecular weight is 309 g/mol. The van der Waals surface area contributed by atoms with Gasteiger partial charge in [0.05, 0.1) is 5.02 Å². The molecule has 0 aliphatic rings. The van der Waals surface area contributed by atoms with Crippen molar-refractivity contribution in [3.8, 4) is 0 Å². The molecule has 0 spiro atoms. The summed E-state index contributed by atoms with van der Waals surface area (Å²) in [6.07, 6.45) is 0. The molecule has 3 rings (SSSR count). The number of hydrogen-bond donors (Lipinski definition) is 2. The van der Waals surface area contributed by atoms with Gasteiger partial charge in [0.1, 0.15) is 23.4 Å². The van der Waals surface area contributed by atoms with E-state index in [4.69, 9.17) is 21.9 Å². The zero-order valence-electron chi connectivity index (χ0n) is 10.7. The van der Waals surface area contributed by atoms with Crippen LogP contribution in [0.3, 0.4) is 0 Å². The predicted octanol–water partition coefficient (Wildman–Crippen LogP) is 3.92. The maximum Gasteiger partial charge on any atom is 0.152 e. The van der Waals surface area contributed by atoms with E-state index in [0.717, 1.165) is 11.5 Å². The van der Waals surface area contributed by atoms with Gasteiger partial charge in [0, 0.05) is 17.0 Å². The molecular formula is C15H11ClF2N2O. The first-order valence-electron chi connectivity index (χ1n) is 6.19. The van der Waals surface area contributed by atoms with Crippen molar-refractivity contribution in [3.63, 3.8) is 0 Å². The maximum atomic E-state index is 13.9. The molecule has 1 atom stereocenters. The molecule has 0 radical (unpaired) electrons. The van der Waals surface area contributed by atoms with Gasteiger partial charge < -0.3 is 4.42 Å². The minimum atomic E-state index is -0.742. The molecule has 6 heteroatoms. The fourth-order valence-corrected chi connectivity index (χ4v) is 2.47. The van der Waals surface area contributed by atoms with Gasteiger partial charge in [-0.1, -0.05) is 29.8 Å². The van der Waals surface area contributed by atoms with E-state index in [1.807, 2.05) is 6.07 Å². The van der Waals surface area contributed by atoms with Gasteiger partial charge in [-0.15, -0.1) is 0 Å². The van der Waals surface area contributed by atoms with Crippen molar-refractivity contribution in [2.24, 2.45) is 5.84 Å². The van der Waals surface area contributed by atoms with Crippen LogP contribution < -0.4 is 11.3 Å². The fraction of sp³-hybridized carbons (Fsp3) is 0.0667. The number of nitrogens with one attached hydrogen (secondary N) is 1. The number of benzene rings is 2. The van der Waals surface area contributed by atoms with Crippen LogP contribution in [-0.4, -0.2) is 0 Å². The Balaban J connectivity index is 2.11. The molecule has 0 saturated heterocycles. The normalized spacial score (nSPS) is 12.8. The molecular weight excluding hydrogens is 298 g/mol. The van der Waals surface area contributed by atoms with E-state index < -0.39 is 17.7 Å². The summed E-state index contributed by atoms with van der Waals surface area (Å²) in [6, 6.07) is 9.57. The molecule has 0 aliphatic carbocycles. The Hall–Kier alpha value is -1.95. The lowest BCUT2D eigenvalue weighted by Gasteiger charge is -2.14. The van der Waals surface area contributed by atoms with Crippen LogP contribution in [0.4, 0.5) is 8.78 Å². The van der Waals surface area contributed by atoms with Gasteiger partial charge >= 0.3 is 0 Å². The highest BCUT2D eigenvalue weighted by Gasteiger charge is 2.21. The van der Waals surface area contributed by atoms with E-state index in [2.05, 4.69) is 5.43 Å². The van der Waals surface area contributed by atoms with Gasteiger partial charge in [-0.2, -0.15) is 0 Å². The minimum absolute atomic E-state index is 0.189. The van der Waals surface area contributed by atoms with Crippen LogP contribution in [0.5, 0.6) is 0 Å². The van der Waals surface area contributed by atoms with E-state index in [1.165, 1.54) is 12.1 Å². The molecule has 1 aromatic heterocycles. The van der Waals surface area contributed by atoms with Crippen LogP contribution in [0.25, 0.3) is 11.0 Å². The third-order valence-electron chi connectivity index (χ3n) is 3.24. The number of para-hydroxylation sites is 1. The van der Waals surface area contributed by atoms with Crippen LogP contribution in [0, 0.1) is 11.6 Å². The standard InChI is InChI=1S/C15H11ClF2N2O/c16-11-3-1-2-8-6-13(21-15(8)11)14(20-19)10-5-4-9(17)7-12(10)18/h1-7,14,20H,19H2. The quantitative estimate of drug-likeness (QED) is 0.569. The first-order chi connectivity index (χ1) is 10.1. The van der Waals surface area contributed by atoms with Gasteiger partial charge in [0.25, 0.3) is 0 Å². The van der Waals surface area contributed by atoms with Gasteiger partial charge in [0.15, 0.2) is 5.58 Å². The highest BCUT2D eigenvalue weighted by atomic mass is 35.5. The van der Waals surface area contributed by atoms with Gasteiger partial charge in [-0.25, -0.2) is 14.2 Å². The summed E-state index contributed by atoms with van der Waals surface area (Å²) in [5, 5.41) is 1.23. The Bertz CT molecular complexity index is 803. The second-order valence-corrected chi connectivity index (χ2v) is 4.98. The summed E-state index contributed by atoms with van der Waals surface area (Å²) >= 11 is 6.05. The van der Waals surface area contributed by atoms with E-state index in [-0.39, 0.29) is 5.56 Å². The summed E-state index contributed by atoms with van der Waals surface area (Å²) < 4.78 is 32.6. The van der Waals surface area contributed by atoms with Crippen molar-refractivity contribution in [2.45, 2.75) is 6.04 Å². The highest BCUT2D eigenvalue weighted by molar-refractivity contribution is 6.34. The van der Waals surface area contributed by atoms with Crippen molar-refractivity contribution in [3.05, 3.63) is 70.4 Å². The lowest BCUT2D eigenvalue weighted by molar-refractivity contribution is 0.460. The molecule has 3 N–H and O–H groups in total. The third kappa shape index (κ3) is 2.51. The Morgan fingerprint density at radius 2 is 1.95 bits per heavy atom. The molecule has 0 fully saturated rings. The molecule has 21 heavy (non-hydrogen) atoms. The molecule has 1 heterocycles. The van der Waals surface area contributed by atoms with Crippen molar-refractivity contribution < 1.29 is 13.2 Å². The van der Waals surface area contributed by atoms with E-state index in [9.17, 15) is 8.78 Å². The largest absolute Gasteiger partial charge is 0.457 e. The number of hydrazine groups is 1. The second-order valence-electron chi connectivity index (χ2n) is 4.57. The van der Waals surface area contributed by atoms with Crippen molar-refractivity contribution in [2.75, 3.05) is 0 Å². The number of fused-ring (bicyclic) bond motifs is 1. The van der Waals surface area contributed by atoms with Crippen LogP contribution in [0.2, 0.25) is 5.02 Å². The molecule has 108 valence electrons. The maximum absolute atomic E-state index is 13.9. The number of hydrogen-bond acceptors (Lipinski definition) is 3. The first-order valence-corrected chi connectivity index (χ1v) is 6.57. The highest BCUT2D eigenvalue weighted by Crippen LogP contribution is 2.32. The van der Waals surface area contributed by atoms with E-state index in [1.54, 1.807) is 18.2 Å². The number of furan rings is 1. The first kappa shape index (κ1) is 14.0. The lowest BCUT2D eigenvalue weighted by atomic mass is 10.0. The Kier molecular flexibility index (Phi) is 3.63. The van der Waals surface area contributed by atoms with Gasteiger partial charge in [-0.3, -0.25) is 5.84 Å². The zero-order valence-corrected chi connectivity index (χ0v) is 11.5. The van der Waals surface area contributed by atoms with E-state index >= 15 is 0 Å². The molecule has 1 unspecified atom stereocenters. The molecule has 0 amide bonds. The van der Waals surface area contributed by atoms with Gasteiger partial charge in [0.2, 0.25) is 0 Å². The molecule has 0 aliphatic heterocycles. The lowest BCUT2D eigenvalue weighted by Crippen LogP contribution is -2.29. The SMILES string of the molecule is NNC(c1cc2cccc(Cl)c2o1)c1ccc(F)cc1F. The fourth-order valence-electron chi connectivity index (χ4n) is 2.25. The van der Waals surface area contributed by atoms with Crippen molar-refractivity contribution in [1.82, 2.24) is 5.43 Å². The van der Waals surface area contributed by atoms with Crippen LogP contribution in [-0.2, 0) is 0 Å². The summed E-state index contributed by atoms with van der Waals surface area (Å²) in [5.41, 5.74) is 3.16. The average Bonchev–Trinajstić information content (AvgIpc) is 2.87. The smallest absolute Gasteiger partial charge is 0.152 e. The van der Waals surface area contributed by atoms with Crippen molar-refractivity contribution >= 4 is 22.6 Å². The summed E-state index contributed by atoms with van der Waals surface area (Å²) in [4.78, 5) is 0. The molecule has 3 nitrogen and oxygen atoms in total. The predicted molar refractivity (Wildman–Crippen MR) is 76.7 cm³/mol. The summed E-state index contributed by atoms with van der Waals surface area (Å²) in [7, 11) is 0. The van der Waals surface area contributed by atoms with Crippen LogP contribution in [0.1, 0.15) is 17.4 Å². The molecule has 0 bridgehead atoms. The monoisotopic (exact) mass is 308 g/mol.